The van der Waals surface area contributed by atoms with Crippen molar-refractivity contribution in [3.63, 3.8) is 0 Å². The number of ether oxygens (including phenoxy) is 1. The molecule has 0 spiro atoms. The Morgan fingerprint density at radius 1 is 1.03 bits per heavy atom. The second-order valence-electron chi connectivity index (χ2n) is 8.00. The van der Waals surface area contributed by atoms with Crippen molar-refractivity contribution in [2.24, 2.45) is 0 Å². The number of Topliss-reactive ketones (excluding diaryl/α,β-unsaturated/α-hetero) is 1. The van der Waals surface area contributed by atoms with E-state index in [1.807, 2.05) is 26.0 Å². The van der Waals surface area contributed by atoms with E-state index in [1.165, 1.54) is 4.90 Å². The highest BCUT2D eigenvalue weighted by Crippen LogP contribution is 2.41. The fraction of sp³-hybridized carbons (Fsp3) is 0.185. The van der Waals surface area contributed by atoms with Crippen LogP contribution in [-0.2, 0) is 14.3 Å². The van der Waals surface area contributed by atoms with Gasteiger partial charge in [0.1, 0.15) is 5.76 Å². The Bertz CT molecular complexity index is 1250. The number of anilines is 1. The summed E-state index contributed by atoms with van der Waals surface area (Å²) in [7, 11) is 0. The molecular weight excluding hydrogens is 432 g/mol. The van der Waals surface area contributed by atoms with Crippen LogP contribution in [0.5, 0.6) is 0 Å². The van der Waals surface area contributed by atoms with Gasteiger partial charge >= 0.3 is 5.97 Å². The summed E-state index contributed by atoms with van der Waals surface area (Å²) in [6.07, 6.45) is 3.86. The summed E-state index contributed by atoms with van der Waals surface area (Å²) in [6, 6.07) is 15.9. The number of nitrogens with zero attached hydrogens (tertiary/aromatic N) is 2. The van der Waals surface area contributed by atoms with Crippen LogP contribution in [0.15, 0.2) is 78.6 Å². The molecule has 7 heteroatoms. The largest absolute Gasteiger partial charge is 0.507 e. The molecule has 0 radical (unpaired) electrons. The van der Waals surface area contributed by atoms with Gasteiger partial charge in [0.05, 0.1) is 23.8 Å². The van der Waals surface area contributed by atoms with Crippen molar-refractivity contribution in [3.05, 3.63) is 101 Å². The maximum absolute atomic E-state index is 13.2. The molecule has 1 N–H and O–H groups in total. The third-order valence-corrected chi connectivity index (χ3v) is 5.59. The predicted octanol–water partition coefficient (Wildman–Crippen LogP) is 4.58. The molecule has 1 saturated heterocycles. The Labute approximate surface area is 197 Å². The molecule has 1 amide bonds. The molecule has 7 nitrogen and oxygen atoms in total. The predicted molar refractivity (Wildman–Crippen MR) is 127 cm³/mol. The van der Waals surface area contributed by atoms with Gasteiger partial charge in [-0.2, -0.15) is 0 Å². The van der Waals surface area contributed by atoms with Gasteiger partial charge in [-0.1, -0.05) is 42.8 Å². The highest BCUT2D eigenvalue weighted by atomic mass is 16.5. The lowest BCUT2D eigenvalue weighted by Crippen LogP contribution is -2.29. The molecule has 1 unspecified atom stereocenters. The van der Waals surface area contributed by atoms with Crippen LogP contribution in [0.2, 0.25) is 0 Å². The molecule has 0 saturated carbocycles. The fourth-order valence-electron chi connectivity index (χ4n) is 3.86. The van der Waals surface area contributed by atoms with Gasteiger partial charge in [0.2, 0.25) is 0 Å². The van der Waals surface area contributed by atoms with Gasteiger partial charge in [-0.3, -0.25) is 19.5 Å². The maximum Gasteiger partial charge on any atom is 0.338 e. The highest BCUT2D eigenvalue weighted by molar-refractivity contribution is 6.51. The van der Waals surface area contributed by atoms with Gasteiger partial charge in [0.15, 0.2) is 0 Å². The SMILES string of the molecule is CCCOC(=O)c1ccc(N2C(=O)C(=O)/C(=C(/O)c3ccc(C)cc3)C2c2cccnc2)cc1. The smallest absolute Gasteiger partial charge is 0.338 e. The first kappa shape index (κ1) is 22.9. The van der Waals surface area contributed by atoms with E-state index in [0.29, 0.717) is 35.4 Å². The molecule has 0 bridgehead atoms. The molecular formula is C27H24N2O5. The monoisotopic (exact) mass is 456 g/mol. The Morgan fingerprint density at radius 2 is 1.71 bits per heavy atom. The van der Waals surface area contributed by atoms with Gasteiger partial charge in [-0.05, 0) is 49.2 Å². The molecule has 2 aromatic carbocycles. The van der Waals surface area contributed by atoms with Crippen molar-refractivity contribution in [2.75, 3.05) is 11.5 Å². The minimum Gasteiger partial charge on any atom is -0.507 e. The first-order chi connectivity index (χ1) is 16.4. The van der Waals surface area contributed by atoms with Gasteiger partial charge in [0.25, 0.3) is 11.7 Å². The Kier molecular flexibility index (Phi) is 6.54. The summed E-state index contributed by atoms with van der Waals surface area (Å²) in [5, 5.41) is 11.1. The number of carbonyl (C=O) groups excluding carboxylic acids is 3. The summed E-state index contributed by atoms with van der Waals surface area (Å²) in [4.78, 5) is 43.9. The molecule has 1 aliphatic heterocycles. The van der Waals surface area contributed by atoms with Crippen molar-refractivity contribution in [3.8, 4) is 0 Å². The minimum absolute atomic E-state index is 0.0201. The van der Waals surface area contributed by atoms with Crippen molar-refractivity contribution in [1.82, 2.24) is 4.98 Å². The number of ketones is 1. The number of esters is 1. The molecule has 0 aliphatic carbocycles. The molecule has 34 heavy (non-hydrogen) atoms. The second kappa shape index (κ2) is 9.70. The number of rotatable bonds is 6. The molecule has 172 valence electrons. The van der Waals surface area contributed by atoms with Gasteiger partial charge in [-0.15, -0.1) is 0 Å². The summed E-state index contributed by atoms with van der Waals surface area (Å²) in [5.41, 5.74) is 2.73. The number of hydrogen-bond acceptors (Lipinski definition) is 6. The summed E-state index contributed by atoms with van der Waals surface area (Å²) in [6.45, 7) is 4.14. The number of hydrogen-bond donors (Lipinski definition) is 1. The molecule has 3 aromatic rings. The number of amides is 1. The van der Waals surface area contributed by atoms with E-state index < -0.39 is 23.7 Å². The lowest BCUT2D eigenvalue weighted by molar-refractivity contribution is -0.132. The van der Waals surface area contributed by atoms with E-state index in [1.54, 1.807) is 60.9 Å². The topological polar surface area (TPSA) is 96.8 Å². The Hall–Kier alpha value is -4.26. The summed E-state index contributed by atoms with van der Waals surface area (Å²) >= 11 is 0. The average Bonchev–Trinajstić information content (AvgIpc) is 3.13. The van der Waals surface area contributed by atoms with E-state index in [-0.39, 0.29) is 11.3 Å². The fourth-order valence-corrected chi connectivity index (χ4v) is 3.86. The quantitative estimate of drug-likeness (QED) is 0.252. The number of benzene rings is 2. The minimum atomic E-state index is -0.882. The van der Waals surface area contributed by atoms with E-state index in [9.17, 15) is 19.5 Å². The maximum atomic E-state index is 13.2. The highest BCUT2D eigenvalue weighted by Gasteiger charge is 2.47. The Balaban J connectivity index is 1.80. The number of aromatic nitrogens is 1. The number of pyridine rings is 1. The first-order valence-corrected chi connectivity index (χ1v) is 11.0. The molecule has 4 rings (SSSR count). The van der Waals surface area contributed by atoms with E-state index in [2.05, 4.69) is 4.98 Å². The summed E-state index contributed by atoms with van der Waals surface area (Å²) in [5.74, 6) is -2.28. The van der Waals surface area contributed by atoms with Gasteiger partial charge in [0, 0.05) is 23.6 Å². The van der Waals surface area contributed by atoms with Crippen LogP contribution in [0.3, 0.4) is 0 Å². The third-order valence-electron chi connectivity index (χ3n) is 5.59. The van der Waals surface area contributed by atoms with E-state index in [0.717, 1.165) is 5.56 Å². The lowest BCUT2D eigenvalue weighted by Gasteiger charge is -2.25. The van der Waals surface area contributed by atoms with Crippen LogP contribution in [0.1, 0.15) is 46.4 Å². The molecule has 1 aliphatic rings. The number of aryl methyl sites for hydroxylation is 1. The lowest BCUT2D eigenvalue weighted by atomic mass is 9.96. The van der Waals surface area contributed by atoms with Crippen LogP contribution in [0.4, 0.5) is 5.69 Å². The third kappa shape index (κ3) is 4.32. The standard InChI is InChI=1S/C27H24N2O5/c1-3-15-34-27(33)19-10-12-21(13-11-19)29-23(20-5-4-14-28-16-20)22(25(31)26(29)32)24(30)18-8-6-17(2)7-9-18/h4-14,16,23,30H,3,15H2,1-2H3/b24-22+. The van der Waals surface area contributed by atoms with Crippen molar-refractivity contribution < 1.29 is 24.2 Å². The average molecular weight is 456 g/mol. The normalized spacial score (nSPS) is 17.1. The second-order valence-corrected chi connectivity index (χ2v) is 8.00. The van der Waals surface area contributed by atoms with Gasteiger partial charge in [-0.25, -0.2) is 4.79 Å². The van der Waals surface area contributed by atoms with Crippen LogP contribution in [0, 0.1) is 6.92 Å². The zero-order valence-corrected chi connectivity index (χ0v) is 18.9. The number of aliphatic hydroxyl groups excluding tert-OH is 1. The Morgan fingerprint density at radius 3 is 2.32 bits per heavy atom. The zero-order valence-electron chi connectivity index (χ0n) is 18.9. The molecule has 2 heterocycles. The number of aliphatic hydroxyl groups is 1. The van der Waals surface area contributed by atoms with Crippen molar-refractivity contribution in [2.45, 2.75) is 26.3 Å². The van der Waals surface area contributed by atoms with E-state index in [4.69, 9.17) is 4.74 Å². The first-order valence-electron chi connectivity index (χ1n) is 11.0. The van der Waals surface area contributed by atoms with Gasteiger partial charge < -0.3 is 9.84 Å². The molecule has 1 atom stereocenters. The molecule has 1 fully saturated rings. The van der Waals surface area contributed by atoms with Crippen LogP contribution >= 0.6 is 0 Å². The van der Waals surface area contributed by atoms with Crippen molar-refractivity contribution >= 4 is 29.1 Å². The van der Waals surface area contributed by atoms with Crippen LogP contribution < -0.4 is 4.90 Å². The number of carbonyl (C=O) groups is 3. The van der Waals surface area contributed by atoms with Crippen LogP contribution in [-0.4, -0.2) is 34.4 Å². The molecule has 1 aromatic heterocycles. The van der Waals surface area contributed by atoms with Crippen LogP contribution in [0.25, 0.3) is 5.76 Å². The van der Waals surface area contributed by atoms with Crippen molar-refractivity contribution in [1.29, 1.82) is 0 Å². The summed E-state index contributed by atoms with van der Waals surface area (Å²) < 4.78 is 5.15. The van der Waals surface area contributed by atoms with E-state index >= 15 is 0 Å². The zero-order chi connectivity index (χ0) is 24.2.